The highest BCUT2D eigenvalue weighted by Crippen LogP contribution is 2.35. The van der Waals surface area contributed by atoms with E-state index in [1.54, 1.807) is 29.2 Å². The molecule has 0 aliphatic carbocycles. The number of amidine groups is 1. The number of aliphatic imine (C=N–C) groups is 1. The van der Waals surface area contributed by atoms with Crippen LogP contribution in [0.2, 0.25) is 0 Å². The zero-order valence-corrected chi connectivity index (χ0v) is 17.8. The molecule has 1 aliphatic heterocycles. The van der Waals surface area contributed by atoms with E-state index in [1.165, 1.54) is 35.2 Å². The minimum atomic E-state index is -0.458. The first kappa shape index (κ1) is 20.7. The summed E-state index contributed by atoms with van der Waals surface area (Å²) >= 11 is 2.65. The first-order valence-corrected chi connectivity index (χ1v) is 10.9. The number of amides is 1. The van der Waals surface area contributed by atoms with Gasteiger partial charge in [-0.05, 0) is 35.5 Å². The zero-order chi connectivity index (χ0) is 21.8. The molecule has 0 N–H and O–H groups in total. The molecule has 31 heavy (non-hydrogen) atoms. The normalized spacial score (nSPS) is 16.3. The van der Waals surface area contributed by atoms with E-state index in [9.17, 15) is 14.9 Å². The fourth-order valence-electron chi connectivity index (χ4n) is 2.86. The summed E-state index contributed by atoms with van der Waals surface area (Å²) in [6.45, 7) is 4.04. The number of rotatable bonds is 6. The van der Waals surface area contributed by atoms with Gasteiger partial charge < -0.3 is 0 Å². The summed E-state index contributed by atoms with van der Waals surface area (Å²) in [6.07, 6.45) is 3.34. The van der Waals surface area contributed by atoms with Crippen LogP contribution < -0.4 is 0 Å². The van der Waals surface area contributed by atoms with Gasteiger partial charge in [-0.3, -0.25) is 19.8 Å². The molecule has 4 rings (SSSR count). The Morgan fingerprint density at radius 2 is 1.90 bits per heavy atom. The average molecular weight is 449 g/mol. The monoisotopic (exact) mass is 448 g/mol. The standard InChI is InChI=1S/C22H16N4O3S2/c1-2-12-25-20(27)19(13-15-8-10-17(11-9-15)26(28)29)31-22(25)24-21-23-18(14-30-21)16-6-4-3-5-7-16/h2-11,13-14H,1,12H2/b19-13-,24-22+. The molecule has 2 heterocycles. The Morgan fingerprint density at radius 1 is 1.16 bits per heavy atom. The Balaban J connectivity index is 1.61. The molecule has 1 amide bonds. The highest BCUT2D eigenvalue weighted by molar-refractivity contribution is 8.18. The number of nitrogens with zero attached hydrogens (tertiary/aromatic N) is 4. The van der Waals surface area contributed by atoms with Gasteiger partial charge in [0.15, 0.2) is 5.17 Å². The topological polar surface area (TPSA) is 88.7 Å². The molecule has 1 aliphatic rings. The minimum Gasteiger partial charge on any atom is -0.282 e. The first-order valence-electron chi connectivity index (χ1n) is 9.21. The summed E-state index contributed by atoms with van der Waals surface area (Å²) < 4.78 is 0. The third-order valence-electron chi connectivity index (χ3n) is 4.35. The van der Waals surface area contributed by atoms with Crippen LogP contribution in [0.15, 0.2) is 82.5 Å². The maximum atomic E-state index is 12.9. The fraction of sp³-hybridized carbons (Fsp3) is 0.0455. The molecule has 1 fully saturated rings. The number of hydrogen-bond donors (Lipinski definition) is 0. The zero-order valence-electron chi connectivity index (χ0n) is 16.2. The first-order chi connectivity index (χ1) is 15.0. The Kier molecular flexibility index (Phi) is 6.06. The van der Waals surface area contributed by atoms with E-state index in [0.717, 1.165) is 11.3 Å². The van der Waals surface area contributed by atoms with Crippen LogP contribution >= 0.6 is 23.1 Å². The van der Waals surface area contributed by atoms with Crippen LogP contribution in [-0.4, -0.2) is 32.4 Å². The van der Waals surface area contributed by atoms with E-state index in [4.69, 9.17) is 0 Å². The van der Waals surface area contributed by atoms with Crippen LogP contribution in [-0.2, 0) is 4.79 Å². The van der Waals surface area contributed by atoms with Crippen LogP contribution in [0.1, 0.15) is 5.56 Å². The number of non-ortho nitro benzene ring substituents is 1. The molecular weight excluding hydrogens is 432 g/mol. The molecular formula is C22H16N4O3S2. The van der Waals surface area contributed by atoms with Gasteiger partial charge in [0.25, 0.3) is 11.6 Å². The third kappa shape index (κ3) is 4.62. The van der Waals surface area contributed by atoms with E-state index >= 15 is 0 Å². The molecule has 9 heteroatoms. The van der Waals surface area contributed by atoms with Gasteiger partial charge in [0, 0.05) is 29.6 Å². The molecule has 0 bridgehead atoms. The van der Waals surface area contributed by atoms with Crippen molar-refractivity contribution in [2.45, 2.75) is 0 Å². The second-order valence-corrected chi connectivity index (χ2v) is 8.29. The maximum absolute atomic E-state index is 12.9. The maximum Gasteiger partial charge on any atom is 0.269 e. The SMILES string of the molecule is C=CCN1C(=O)/C(=C/c2ccc([N+](=O)[O-])cc2)S/C1=N/c1nc(-c2ccccc2)cs1. The lowest BCUT2D eigenvalue weighted by molar-refractivity contribution is -0.384. The molecule has 7 nitrogen and oxygen atoms in total. The van der Waals surface area contributed by atoms with E-state index in [-0.39, 0.29) is 11.6 Å². The highest BCUT2D eigenvalue weighted by Gasteiger charge is 2.33. The van der Waals surface area contributed by atoms with Crippen molar-refractivity contribution in [3.63, 3.8) is 0 Å². The lowest BCUT2D eigenvalue weighted by Gasteiger charge is -2.11. The van der Waals surface area contributed by atoms with Crippen molar-refractivity contribution in [2.75, 3.05) is 6.54 Å². The average Bonchev–Trinajstić information content (AvgIpc) is 3.36. The largest absolute Gasteiger partial charge is 0.282 e. The molecule has 0 saturated carbocycles. The summed E-state index contributed by atoms with van der Waals surface area (Å²) in [6, 6.07) is 15.9. The van der Waals surface area contributed by atoms with Gasteiger partial charge in [0.05, 0.1) is 15.5 Å². The van der Waals surface area contributed by atoms with Crippen molar-refractivity contribution in [2.24, 2.45) is 4.99 Å². The molecule has 0 unspecified atom stereocenters. The van der Waals surface area contributed by atoms with Crippen LogP contribution in [0.4, 0.5) is 10.8 Å². The van der Waals surface area contributed by atoms with Crippen molar-refractivity contribution in [1.29, 1.82) is 0 Å². The van der Waals surface area contributed by atoms with Crippen molar-refractivity contribution in [3.8, 4) is 11.3 Å². The van der Waals surface area contributed by atoms with Crippen molar-refractivity contribution in [3.05, 3.63) is 93.2 Å². The number of nitro benzene ring substituents is 1. The van der Waals surface area contributed by atoms with E-state index < -0.39 is 4.92 Å². The molecule has 0 spiro atoms. The Hall–Kier alpha value is -3.56. The minimum absolute atomic E-state index is 0.000997. The Bertz CT molecular complexity index is 1200. The number of hydrogen-bond acceptors (Lipinski definition) is 7. The smallest absolute Gasteiger partial charge is 0.269 e. The quantitative estimate of drug-likeness (QED) is 0.215. The van der Waals surface area contributed by atoms with Crippen molar-refractivity contribution >= 4 is 51.1 Å². The van der Waals surface area contributed by atoms with Crippen molar-refractivity contribution < 1.29 is 9.72 Å². The second-order valence-electron chi connectivity index (χ2n) is 6.44. The summed E-state index contributed by atoms with van der Waals surface area (Å²) in [5, 5.41) is 13.8. The van der Waals surface area contributed by atoms with E-state index in [0.29, 0.717) is 27.3 Å². The van der Waals surface area contributed by atoms with Gasteiger partial charge >= 0.3 is 0 Å². The Labute approximate surface area is 186 Å². The lowest BCUT2D eigenvalue weighted by atomic mass is 10.2. The predicted molar refractivity (Wildman–Crippen MR) is 125 cm³/mol. The number of aromatic nitrogens is 1. The van der Waals surface area contributed by atoms with Crippen LogP contribution in [0, 0.1) is 10.1 Å². The van der Waals surface area contributed by atoms with Gasteiger partial charge in [0.2, 0.25) is 5.13 Å². The van der Waals surface area contributed by atoms with Crippen LogP contribution in [0.3, 0.4) is 0 Å². The van der Waals surface area contributed by atoms with Gasteiger partial charge in [0.1, 0.15) is 0 Å². The molecule has 154 valence electrons. The molecule has 0 radical (unpaired) electrons. The van der Waals surface area contributed by atoms with Crippen LogP contribution in [0.25, 0.3) is 17.3 Å². The third-order valence-corrected chi connectivity index (χ3v) is 6.10. The fourth-order valence-corrected chi connectivity index (χ4v) is 4.61. The number of thioether (sulfide) groups is 1. The molecule has 1 aromatic heterocycles. The van der Waals surface area contributed by atoms with Gasteiger partial charge in [-0.25, -0.2) is 4.98 Å². The number of carbonyl (C=O) groups is 1. The summed E-state index contributed by atoms with van der Waals surface area (Å²) in [5.41, 5.74) is 2.53. The Morgan fingerprint density at radius 3 is 2.58 bits per heavy atom. The molecule has 2 aromatic carbocycles. The summed E-state index contributed by atoms with van der Waals surface area (Å²) in [7, 11) is 0. The van der Waals surface area contributed by atoms with Crippen LogP contribution in [0.5, 0.6) is 0 Å². The summed E-state index contributed by atoms with van der Waals surface area (Å²) in [5.74, 6) is -0.193. The molecule has 0 atom stereocenters. The van der Waals surface area contributed by atoms with E-state index in [2.05, 4.69) is 16.6 Å². The molecule has 1 saturated heterocycles. The second kappa shape index (κ2) is 9.07. The number of carbonyl (C=O) groups excluding carboxylic acids is 1. The highest BCUT2D eigenvalue weighted by atomic mass is 32.2. The number of benzene rings is 2. The number of thiazole rings is 1. The lowest BCUT2D eigenvalue weighted by Crippen LogP contribution is -2.29. The van der Waals surface area contributed by atoms with Gasteiger partial charge in [-0.1, -0.05) is 36.4 Å². The number of nitro groups is 1. The molecule has 3 aromatic rings. The van der Waals surface area contributed by atoms with Gasteiger partial charge in [-0.15, -0.1) is 17.9 Å². The van der Waals surface area contributed by atoms with Gasteiger partial charge in [-0.2, -0.15) is 4.99 Å². The predicted octanol–water partition coefficient (Wildman–Crippen LogP) is 5.51. The van der Waals surface area contributed by atoms with E-state index in [1.807, 2.05) is 35.7 Å². The van der Waals surface area contributed by atoms with Crippen molar-refractivity contribution in [1.82, 2.24) is 9.88 Å². The summed E-state index contributed by atoms with van der Waals surface area (Å²) in [4.78, 5) is 34.4.